The van der Waals surface area contributed by atoms with Gasteiger partial charge in [-0.25, -0.2) is 8.42 Å². The molecule has 14 heavy (non-hydrogen) atoms. The molecule has 0 aliphatic carbocycles. The molecular weight excluding hydrogens is 202 g/mol. The van der Waals surface area contributed by atoms with Gasteiger partial charge >= 0.3 is 0 Å². The van der Waals surface area contributed by atoms with E-state index in [2.05, 4.69) is 5.32 Å². The molecule has 1 heterocycles. The minimum Gasteiger partial charge on any atom is -0.375 e. The topological polar surface area (TPSA) is 55.4 Å². The lowest BCUT2D eigenvalue weighted by molar-refractivity contribution is 0.0279. The molecule has 1 N–H and O–H groups in total. The summed E-state index contributed by atoms with van der Waals surface area (Å²) >= 11 is 0. The van der Waals surface area contributed by atoms with Crippen molar-refractivity contribution >= 4 is 9.84 Å². The summed E-state index contributed by atoms with van der Waals surface area (Å²) in [4.78, 5) is 0. The SMILES string of the molecule is CC(C)(C)S(=O)(=O)CCOC1CNC1. The van der Waals surface area contributed by atoms with E-state index >= 15 is 0 Å². The summed E-state index contributed by atoms with van der Waals surface area (Å²) in [5.74, 6) is 0.118. The van der Waals surface area contributed by atoms with Gasteiger partial charge in [0, 0.05) is 13.1 Å². The molecule has 0 unspecified atom stereocenters. The van der Waals surface area contributed by atoms with Gasteiger partial charge in [-0.3, -0.25) is 0 Å². The van der Waals surface area contributed by atoms with Gasteiger partial charge in [0.2, 0.25) is 0 Å². The Kier molecular flexibility index (Phi) is 3.55. The average Bonchev–Trinajstić information content (AvgIpc) is 1.92. The zero-order valence-corrected chi connectivity index (χ0v) is 9.86. The van der Waals surface area contributed by atoms with Gasteiger partial charge in [-0.1, -0.05) is 0 Å². The van der Waals surface area contributed by atoms with E-state index < -0.39 is 14.6 Å². The van der Waals surface area contributed by atoms with Crippen LogP contribution in [-0.2, 0) is 14.6 Å². The van der Waals surface area contributed by atoms with Crippen LogP contribution in [0.2, 0.25) is 0 Å². The van der Waals surface area contributed by atoms with E-state index in [4.69, 9.17) is 4.74 Å². The molecule has 1 aliphatic heterocycles. The molecule has 1 aliphatic rings. The Balaban J connectivity index is 2.29. The second-order valence-corrected chi connectivity index (χ2v) is 7.44. The van der Waals surface area contributed by atoms with E-state index in [1.54, 1.807) is 20.8 Å². The molecule has 0 aromatic rings. The zero-order chi connectivity index (χ0) is 10.8. The molecule has 0 amide bonds. The Morgan fingerprint density at radius 1 is 1.36 bits per heavy atom. The first kappa shape index (κ1) is 11.9. The third-order valence-electron chi connectivity index (χ3n) is 2.38. The van der Waals surface area contributed by atoms with E-state index in [1.807, 2.05) is 0 Å². The summed E-state index contributed by atoms with van der Waals surface area (Å²) in [5.41, 5.74) is 0. The van der Waals surface area contributed by atoms with Crippen LogP contribution in [0, 0.1) is 0 Å². The van der Waals surface area contributed by atoms with Crippen LogP contribution in [0.4, 0.5) is 0 Å². The van der Waals surface area contributed by atoms with Crippen molar-refractivity contribution in [1.29, 1.82) is 0 Å². The quantitative estimate of drug-likeness (QED) is 0.736. The fraction of sp³-hybridized carbons (Fsp3) is 1.00. The number of hydrogen-bond donors (Lipinski definition) is 1. The normalized spacial score (nSPS) is 19.4. The van der Waals surface area contributed by atoms with Gasteiger partial charge in [-0.05, 0) is 20.8 Å². The summed E-state index contributed by atoms with van der Waals surface area (Å²) in [7, 11) is -3.02. The van der Waals surface area contributed by atoms with Crippen molar-refractivity contribution in [3.63, 3.8) is 0 Å². The summed E-state index contributed by atoms with van der Waals surface area (Å²) in [6.45, 7) is 7.14. The van der Waals surface area contributed by atoms with Crippen LogP contribution in [0.3, 0.4) is 0 Å². The molecule has 0 radical (unpaired) electrons. The largest absolute Gasteiger partial charge is 0.375 e. The first-order valence-electron chi connectivity index (χ1n) is 4.87. The van der Waals surface area contributed by atoms with Crippen LogP contribution < -0.4 is 5.32 Å². The summed E-state index contributed by atoms with van der Waals surface area (Å²) in [6, 6.07) is 0. The molecule has 0 aromatic heterocycles. The second kappa shape index (κ2) is 4.16. The summed E-state index contributed by atoms with van der Waals surface area (Å²) in [6.07, 6.45) is 0.213. The van der Waals surface area contributed by atoms with Crippen LogP contribution >= 0.6 is 0 Å². The standard InChI is InChI=1S/C9H19NO3S/c1-9(2,3)14(11,12)5-4-13-8-6-10-7-8/h8,10H,4-7H2,1-3H3. The van der Waals surface area contributed by atoms with Gasteiger partial charge in [0.15, 0.2) is 9.84 Å². The maximum absolute atomic E-state index is 11.6. The number of nitrogens with one attached hydrogen (secondary N) is 1. The average molecular weight is 221 g/mol. The van der Waals surface area contributed by atoms with Crippen molar-refractivity contribution < 1.29 is 13.2 Å². The molecule has 0 saturated carbocycles. The van der Waals surface area contributed by atoms with Crippen LogP contribution in [0.15, 0.2) is 0 Å². The minimum atomic E-state index is -3.02. The van der Waals surface area contributed by atoms with Crippen molar-refractivity contribution in [1.82, 2.24) is 5.32 Å². The van der Waals surface area contributed by atoms with Crippen molar-refractivity contribution in [3.05, 3.63) is 0 Å². The van der Waals surface area contributed by atoms with Crippen molar-refractivity contribution in [2.45, 2.75) is 31.6 Å². The predicted molar refractivity (Wildman–Crippen MR) is 56.1 cm³/mol. The fourth-order valence-electron chi connectivity index (χ4n) is 1.01. The molecule has 5 heteroatoms. The summed E-state index contributed by atoms with van der Waals surface area (Å²) in [5, 5.41) is 3.06. The molecule has 1 saturated heterocycles. The molecule has 1 rings (SSSR count). The van der Waals surface area contributed by atoms with Crippen LogP contribution in [0.25, 0.3) is 0 Å². The van der Waals surface area contributed by atoms with Crippen LogP contribution in [-0.4, -0.2) is 44.7 Å². The van der Waals surface area contributed by atoms with E-state index in [0.29, 0.717) is 6.61 Å². The molecule has 0 spiro atoms. The van der Waals surface area contributed by atoms with E-state index in [-0.39, 0.29) is 11.9 Å². The molecule has 0 aromatic carbocycles. The highest BCUT2D eigenvalue weighted by Crippen LogP contribution is 2.15. The number of ether oxygens (including phenoxy) is 1. The van der Waals surface area contributed by atoms with E-state index in [0.717, 1.165) is 13.1 Å². The first-order valence-corrected chi connectivity index (χ1v) is 6.53. The third-order valence-corrected chi connectivity index (χ3v) is 4.95. The van der Waals surface area contributed by atoms with Crippen LogP contribution in [0.1, 0.15) is 20.8 Å². The van der Waals surface area contributed by atoms with Gasteiger partial charge in [0.1, 0.15) is 0 Å². The van der Waals surface area contributed by atoms with Gasteiger partial charge in [-0.2, -0.15) is 0 Å². The molecule has 0 bridgehead atoms. The molecule has 4 nitrogen and oxygen atoms in total. The van der Waals surface area contributed by atoms with Crippen molar-refractivity contribution in [2.24, 2.45) is 0 Å². The Morgan fingerprint density at radius 3 is 2.29 bits per heavy atom. The molecule has 0 atom stereocenters. The lowest BCUT2D eigenvalue weighted by atomic mass is 10.2. The van der Waals surface area contributed by atoms with Gasteiger partial charge in [0.25, 0.3) is 0 Å². The third kappa shape index (κ3) is 2.93. The monoisotopic (exact) mass is 221 g/mol. The highest BCUT2D eigenvalue weighted by Gasteiger charge is 2.29. The van der Waals surface area contributed by atoms with Crippen molar-refractivity contribution in [2.75, 3.05) is 25.4 Å². The summed E-state index contributed by atoms with van der Waals surface area (Å²) < 4.78 is 28.0. The Labute approximate surface area is 85.9 Å². The first-order chi connectivity index (χ1) is 6.33. The van der Waals surface area contributed by atoms with Gasteiger partial charge < -0.3 is 10.1 Å². The van der Waals surface area contributed by atoms with E-state index in [9.17, 15) is 8.42 Å². The maximum atomic E-state index is 11.6. The molecule has 84 valence electrons. The smallest absolute Gasteiger partial charge is 0.157 e. The van der Waals surface area contributed by atoms with Gasteiger partial charge in [0.05, 0.1) is 23.2 Å². The lowest BCUT2D eigenvalue weighted by Gasteiger charge is -2.27. The van der Waals surface area contributed by atoms with Crippen molar-refractivity contribution in [3.8, 4) is 0 Å². The minimum absolute atomic E-state index is 0.118. The Morgan fingerprint density at radius 2 is 1.93 bits per heavy atom. The predicted octanol–water partition coefficient (Wildman–Crippen LogP) is 0.188. The number of hydrogen-bond acceptors (Lipinski definition) is 4. The highest BCUT2D eigenvalue weighted by atomic mass is 32.2. The Bertz CT molecular complexity index is 275. The zero-order valence-electron chi connectivity index (χ0n) is 9.04. The second-order valence-electron chi connectivity index (χ2n) is 4.58. The van der Waals surface area contributed by atoms with Crippen LogP contribution in [0.5, 0.6) is 0 Å². The highest BCUT2D eigenvalue weighted by molar-refractivity contribution is 7.92. The van der Waals surface area contributed by atoms with E-state index in [1.165, 1.54) is 0 Å². The molecular formula is C9H19NO3S. The fourth-order valence-corrected chi connectivity index (χ4v) is 1.94. The molecule has 1 fully saturated rings. The Hall–Kier alpha value is -0.130. The number of sulfone groups is 1. The van der Waals surface area contributed by atoms with Gasteiger partial charge in [-0.15, -0.1) is 0 Å². The maximum Gasteiger partial charge on any atom is 0.157 e. The lowest BCUT2D eigenvalue weighted by Crippen LogP contribution is -2.49. The number of rotatable bonds is 4.